The molecule has 0 unspecified atom stereocenters. The van der Waals surface area contributed by atoms with E-state index in [1.165, 1.54) is 34.4 Å². The van der Waals surface area contributed by atoms with Crippen LogP contribution in [-0.4, -0.2) is 33.3 Å². The van der Waals surface area contributed by atoms with Gasteiger partial charge in [-0.1, -0.05) is 29.2 Å². The van der Waals surface area contributed by atoms with Crippen molar-refractivity contribution in [3.05, 3.63) is 22.4 Å². The average Bonchev–Trinajstić information content (AvgIpc) is 3.05. The van der Waals surface area contributed by atoms with E-state index in [0.29, 0.717) is 14.3 Å². The molecule has 0 aliphatic carbocycles. The zero-order chi connectivity index (χ0) is 16.2. The fourth-order valence-electron chi connectivity index (χ4n) is 1.47. The van der Waals surface area contributed by atoms with Crippen LogP contribution < -0.4 is 10.6 Å². The Bertz CT molecular complexity index is 647. The first kappa shape index (κ1) is 16.9. The molecule has 0 spiro atoms. The quantitative estimate of drug-likeness (QED) is 0.636. The fraction of sp³-hybridized carbons (Fsp3) is 0.385. The van der Waals surface area contributed by atoms with E-state index in [1.54, 1.807) is 6.07 Å². The van der Waals surface area contributed by atoms with Gasteiger partial charge in [-0.05, 0) is 32.2 Å². The lowest BCUT2D eigenvalue weighted by Gasteiger charge is -2.19. The van der Waals surface area contributed by atoms with Crippen LogP contribution in [0.4, 0.5) is 5.13 Å². The molecule has 0 bridgehead atoms. The topological polar surface area (TPSA) is 84.0 Å². The van der Waals surface area contributed by atoms with Crippen molar-refractivity contribution in [2.45, 2.75) is 30.6 Å². The zero-order valence-electron chi connectivity index (χ0n) is 12.4. The third-order valence-corrected chi connectivity index (χ3v) is 5.05. The normalized spacial score (nSPS) is 11.2. The van der Waals surface area contributed by atoms with Crippen LogP contribution in [0.2, 0.25) is 0 Å². The molecule has 0 aromatic carbocycles. The summed E-state index contributed by atoms with van der Waals surface area (Å²) >= 11 is 3.91. The van der Waals surface area contributed by atoms with Gasteiger partial charge < -0.3 is 5.32 Å². The first-order valence-electron chi connectivity index (χ1n) is 6.46. The standard InChI is InChI=1S/C13H16N4O2S3/c1-13(2,3)15-9(18)7-21-12-17-16-11(22-12)14-10(19)8-5-4-6-20-8/h4-6H,7H2,1-3H3,(H,15,18)(H,14,16,19). The van der Waals surface area contributed by atoms with Gasteiger partial charge in [-0.3, -0.25) is 14.9 Å². The van der Waals surface area contributed by atoms with Gasteiger partial charge in [0.1, 0.15) is 0 Å². The molecule has 22 heavy (non-hydrogen) atoms. The number of aromatic nitrogens is 2. The van der Waals surface area contributed by atoms with Crippen molar-refractivity contribution >= 4 is 51.4 Å². The van der Waals surface area contributed by atoms with E-state index in [4.69, 9.17) is 0 Å². The van der Waals surface area contributed by atoms with Crippen molar-refractivity contribution in [3.8, 4) is 0 Å². The van der Waals surface area contributed by atoms with Crippen LogP contribution in [-0.2, 0) is 4.79 Å². The Labute approximate surface area is 140 Å². The molecule has 2 N–H and O–H groups in total. The molecule has 0 atom stereocenters. The monoisotopic (exact) mass is 356 g/mol. The smallest absolute Gasteiger partial charge is 0.267 e. The van der Waals surface area contributed by atoms with Crippen molar-refractivity contribution in [1.29, 1.82) is 0 Å². The maximum absolute atomic E-state index is 11.9. The fourth-order valence-corrected chi connectivity index (χ4v) is 3.63. The average molecular weight is 356 g/mol. The Kier molecular flexibility index (Phi) is 5.54. The maximum atomic E-state index is 11.9. The second-order valence-corrected chi connectivity index (χ2v) is 8.54. The van der Waals surface area contributed by atoms with Gasteiger partial charge in [0.25, 0.3) is 5.91 Å². The molecule has 2 heterocycles. The molecule has 6 nitrogen and oxygen atoms in total. The summed E-state index contributed by atoms with van der Waals surface area (Å²) in [6.07, 6.45) is 0. The highest BCUT2D eigenvalue weighted by molar-refractivity contribution is 8.01. The second-order valence-electron chi connectivity index (χ2n) is 5.39. The largest absolute Gasteiger partial charge is 0.351 e. The van der Waals surface area contributed by atoms with E-state index in [-0.39, 0.29) is 23.1 Å². The van der Waals surface area contributed by atoms with E-state index in [0.717, 1.165) is 0 Å². The Morgan fingerprint density at radius 3 is 2.73 bits per heavy atom. The Morgan fingerprint density at radius 1 is 1.32 bits per heavy atom. The summed E-state index contributed by atoms with van der Waals surface area (Å²) < 4.78 is 0.644. The third-order valence-electron chi connectivity index (χ3n) is 2.21. The number of amides is 2. The van der Waals surface area contributed by atoms with Crippen molar-refractivity contribution < 1.29 is 9.59 Å². The van der Waals surface area contributed by atoms with Gasteiger partial charge in [0, 0.05) is 5.54 Å². The van der Waals surface area contributed by atoms with Crippen LogP contribution in [0, 0.1) is 0 Å². The Balaban J connectivity index is 1.84. The van der Waals surface area contributed by atoms with E-state index < -0.39 is 0 Å². The molecular formula is C13H16N4O2S3. The molecule has 118 valence electrons. The molecule has 0 saturated heterocycles. The van der Waals surface area contributed by atoms with Gasteiger partial charge in [-0.2, -0.15) is 0 Å². The summed E-state index contributed by atoms with van der Waals surface area (Å²) in [6, 6.07) is 3.56. The molecule has 2 aromatic heterocycles. The summed E-state index contributed by atoms with van der Waals surface area (Å²) in [5.41, 5.74) is -0.251. The van der Waals surface area contributed by atoms with Crippen LogP contribution in [0.3, 0.4) is 0 Å². The molecule has 0 radical (unpaired) electrons. The van der Waals surface area contributed by atoms with E-state index in [9.17, 15) is 9.59 Å². The summed E-state index contributed by atoms with van der Waals surface area (Å²) in [5, 5.41) is 15.7. The molecule has 2 aromatic rings. The summed E-state index contributed by atoms with van der Waals surface area (Å²) in [7, 11) is 0. The number of nitrogens with zero attached hydrogens (tertiary/aromatic N) is 2. The van der Waals surface area contributed by atoms with E-state index in [2.05, 4.69) is 20.8 Å². The van der Waals surface area contributed by atoms with E-state index in [1.807, 2.05) is 32.2 Å². The number of rotatable bonds is 5. The number of carbonyl (C=O) groups is 2. The Morgan fingerprint density at radius 2 is 2.09 bits per heavy atom. The van der Waals surface area contributed by atoms with Crippen molar-refractivity contribution in [2.24, 2.45) is 0 Å². The third kappa shape index (κ3) is 5.39. The molecule has 2 amide bonds. The number of hydrogen-bond acceptors (Lipinski definition) is 7. The molecule has 9 heteroatoms. The van der Waals surface area contributed by atoms with Gasteiger partial charge in [-0.25, -0.2) is 0 Å². The lowest BCUT2D eigenvalue weighted by atomic mass is 10.1. The predicted molar refractivity (Wildman–Crippen MR) is 90.8 cm³/mol. The minimum atomic E-state index is -0.251. The summed E-state index contributed by atoms with van der Waals surface area (Å²) in [4.78, 5) is 24.2. The minimum Gasteiger partial charge on any atom is -0.351 e. The van der Waals surface area contributed by atoms with Crippen molar-refractivity contribution in [1.82, 2.24) is 15.5 Å². The van der Waals surface area contributed by atoms with Crippen LogP contribution in [0.1, 0.15) is 30.4 Å². The summed E-state index contributed by atoms with van der Waals surface area (Å²) in [5.74, 6) is 0.00941. The number of carbonyl (C=O) groups excluding carboxylic acids is 2. The molecule has 0 aliphatic rings. The first-order chi connectivity index (χ1) is 10.3. The summed E-state index contributed by atoms with van der Waals surface area (Å²) in [6.45, 7) is 5.79. The molecule has 0 aliphatic heterocycles. The van der Waals surface area contributed by atoms with Crippen LogP contribution >= 0.6 is 34.4 Å². The molecule has 0 fully saturated rings. The highest BCUT2D eigenvalue weighted by Crippen LogP contribution is 2.26. The molecule has 2 rings (SSSR count). The number of thioether (sulfide) groups is 1. The molecular weight excluding hydrogens is 340 g/mol. The Hall–Kier alpha value is -1.45. The van der Waals surface area contributed by atoms with Gasteiger partial charge in [0.15, 0.2) is 4.34 Å². The number of anilines is 1. The SMILES string of the molecule is CC(C)(C)NC(=O)CSc1nnc(NC(=O)c2cccs2)s1. The lowest BCUT2D eigenvalue weighted by Crippen LogP contribution is -2.41. The van der Waals surface area contributed by atoms with E-state index >= 15 is 0 Å². The number of hydrogen-bond donors (Lipinski definition) is 2. The second kappa shape index (κ2) is 7.21. The maximum Gasteiger partial charge on any atom is 0.267 e. The van der Waals surface area contributed by atoms with Gasteiger partial charge in [0.05, 0.1) is 10.6 Å². The number of thiophene rings is 1. The minimum absolute atomic E-state index is 0.0585. The van der Waals surface area contributed by atoms with Crippen LogP contribution in [0.5, 0.6) is 0 Å². The highest BCUT2D eigenvalue weighted by atomic mass is 32.2. The highest BCUT2D eigenvalue weighted by Gasteiger charge is 2.15. The van der Waals surface area contributed by atoms with Crippen LogP contribution in [0.25, 0.3) is 0 Å². The predicted octanol–water partition coefficient (Wildman–Crippen LogP) is 2.86. The first-order valence-corrected chi connectivity index (χ1v) is 9.14. The van der Waals surface area contributed by atoms with Gasteiger partial charge in [0.2, 0.25) is 11.0 Å². The van der Waals surface area contributed by atoms with Crippen molar-refractivity contribution in [3.63, 3.8) is 0 Å². The van der Waals surface area contributed by atoms with Crippen molar-refractivity contribution in [2.75, 3.05) is 11.1 Å². The van der Waals surface area contributed by atoms with Gasteiger partial charge >= 0.3 is 0 Å². The lowest BCUT2D eigenvalue weighted by molar-refractivity contribution is -0.119. The number of nitrogens with one attached hydrogen (secondary N) is 2. The molecule has 0 saturated carbocycles. The zero-order valence-corrected chi connectivity index (χ0v) is 14.8. The van der Waals surface area contributed by atoms with Gasteiger partial charge in [-0.15, -0.1) is 21.5 Å². The van der Waals surface area contributed by atoms with Crippen LogP contribution in [0.15, 0.2) is 21.9 Å².